The van der Waals surface area contributed by atoms with Crippen molar-refractivity contribution in [1.82, 2.24) is 9.55 Å². The second-order valence-electron chi connectivity index (χ2n) is 4.14. The van der Waals surface area contributed by atoms with Gasteiger partial charge in [-0.2, -0.15) is 0 Å². The molecule has 0 radical (unpaired) electrons. The predicted molar refractivity (Wildman–Crippen MR) is 75.8 cm³/mol. The van der Waals surface area contributed by atoms with Gasteiger partial charge in [0.25, 0.3) is 0 Å². The van der Waals surface area contributed by atoms with E-state index in [0.717, 1.165) is 27.3 Å². The number of para-hydroxylation sites is 1. The second-order valence-corrected chi connectivity index (χ2v) is 4.89. The lowest BCUT2D eigenvalue weighted by Gasteiger charge is -2.06. The normalized spacial score (nSPS) is 11.1. The largest absolute Gasteiger partial charge is 0.283 e. The molecular weight excluding hydrogens is 267 g/mol. The van der Waals surface area contributed by atoms with Crippen molar-refractivity contribution in [2.75, 3.05) is 0 Å². The van der Waals surface area contributed by atoms with Crippen LogP contribution in [0.3, 0.4) is 0 Å². The first-order valence-electron chi connectivity index (χ1n) is 5.56. The van der Waals surface area contributed by atoms with E-state index in [1.54, 1.807) is 0 Å². The van der Waals surface area contributed by atoms with Gasteiger partial charge in [-0.25, -0.2) is 4.98 Å². The Balaban J connectivity index is 2.36. The number of fused-ring (bicyclic) bond motifs is 1. The van der Waals surface area contributed by atoms with Crippen molar-refractivity contribution in [3.8, 4) is 5.69 Å². The molecule has 0 amide bonds. The quantitative estimate of drug-likeness (QED) is 0.633. The third-order valence-corrected chi connectivity index (χ3v) is 3.57. The van der Waals surface area contributed by atoms with Crippen LogP contribution in [-0.2, 0) is 0 Å². The highest BCUT2D eigenvalue weighted by molar-refractivity contribution is 6.32. The maximum absolute atomic E-state index is 6.22. The van der Waals surface area contributed by atoms with Gasteiger partial charge in [-0.05, 0) is 48.4 Å². The predicted octanol–water partition coefficient (Wildman–Crippen LogP) is 4.64. The highest BCUT2D eigenvalue weighted by Crippen LogP contribution is 2.28. The summed E-state index contributed by atoms with van der Waals surface area (Å²) in [7, 11) is 0. The van der Waals surface area contributed by atoms with Crippen molar-refractivity contribution in [3.63, 3.8) is 0 Å². The third kappa shape index (κ3) is 1.78. The van der Waals surface area contributed by atoms with Crippen LogP contribution in [0.15, 0.2) is 42.5 Å². The molecule has 0 unspecified atom stereocenters. The molecule has 0 aliphatic rings. The Labute approximate surface area is 115 Å². The molecule has 0 saturated heterocycles. The molecular formula is C14H10Cl2N2. The summed E-state index contributed by atoms with van der Waals surface area (Å²) in [5.74, 6) is 0. The Kier molecular flexibility index (Phi) is 2.77. The van der Waals surface area contributed by atoms with Crippen molar-refractivity contribution in [1.29, 1.82) is 0 Å². The summed E-state index contributed by atoms with van der Waals surface area (Å²) in [6, 6.07) is 13.7. The number of benzene rings is 2. The van der Waals surface area contributed by atoms with E-state index in [0.29, 0.717) is 5.28 Å². The first kappa shape index (κ1) is 11.6. The summed E-state index contributed by atoms with van der Waals surface area (Å²) in [5.41, 5.74) is 3.75. The number of aromatic nitrogens is 2. The van der Waals surface area contributed by atoms with Crippen LogP contribution in [0.4, 0.5) is 0 Å². The molecule has 0 aliphatic carbocycles. The Morgan fingerprint density at radius 3 is 2.50 bits per heavy atom. The van der Waals surface area contributed by atoms with E-state index in [1.165, 1.54) is 0 Å². The van der Waals surface area contributed by atoms with Gasteiger partial charge < -0.3 is 0 Å². The van der Waals surface area contributed by atoms with Gasteiger partial charge >= 0.3 is 0 Å². The summed E-state index contributed by atoms with van der Waals surface area (Å²) in [6.07, 6.45) is 0. The van der Waals surface area contributed by atoms with Crippen molar-refractivity contribution < 1.29 is 0 Å². The van der Waals surface area contributed by atoms with Gasteiger partial charge in [0.2, 0.25) is 5.28 Å². The molecule has 2 nitrogen and oxygen atoms in total. The molecule has 0 bridgehead atoms. The summed E-state index contributed by atoms with van der Waals surface area (Å²) < 4.78 is 1.89. The molecule has 1 heterocycles. The molecule has 1 aromatic heterocycles. The van der Waals surface area contributed by atoms with Crippen LogP contribution in [-0.4, -0.2) is 9.55 Å². The first-order valence-corrected chi connectivity index (χ1v) is 6.32. The number of aryl methyl sites for hydroxylation is 1. The highest BCUT2D eigenvalue weighted by Gasteiger charge is 2.12. The van der Waals surface area contributed by atoms with E-state index in [1.807, 2.05) is 54.0 Å². The molecule has 18 heavy (non-hydrogen) atoms. The second kappa shape index (κ2) is 4.30. The van der Waals surface area contributed by atoms with Crippen molar-refractivity contribution >= 4 is 34.2 Å². The van der Waals surface area contributed by atoms with E-state index in [-0.39, 0.29) is 0 Å². The summed E-state index contributed by atoms with van der Waals surface area (Å²) in [5, 5.41) is 1.16. The van der Waals surface area contributed by atoms with Gasteiger partial charge in [0, 0.05) is 10.7 Å². The van der Waals surface area contributed by atoms with Crippen LogP contribution in [0.1, 0.15) is 5.56 Å². The van der Waals surface area contributed by atoms with E-state index in [2.05, 4.69) is 4.98 Å². The lowest BCUT2D eigenvalue weighted by Crippen LogP contribution is -1.93. The smallest absolute Gasteiger partial charge is 0.208 e. The fourth-order valence-electron chi connectivity index (χ4n) is 2.00. The van der Waals surface area contributed by atoms with Crippen LogP contribution in [0.5, 0.6) is 0 Å². The van der Waals surface area contributed by atoms with Crippen LogP contribution in [0.25, 0.3) is 16.7 Å². The molecule has 0 fully saturated rings. The summed E-state index contributed by atoms with van der Waals surface area (Å²) in [6.45, 7) is 1.96. The average molecular weight is 277 g/mol. The number of hydrogen-bond acceptors (Lipinski definition) is 1. The molecule has 3 rings (SSSR count). The Morgan fingerprint density at radius 1 is 1.06 bits per heavy atom. The molecule has 2 aromatic carbocycles. The minimum Gasteiger partial charge on any atom is -0.283 e. The van der Waals surface area contributed by atoms with E-state index < -0.39 is 0 Å². The molecule has 0 N–H and O–H groups in total. The van der Waals surface area contributed by atoms with Crippen LogP contribution >= 0.6 is 23.2 Å². The zero-order valence-electron chi connectivity index (χ0n) is 9.69. The van der Waals surface area contributed by atoms with E-state index in [9.17, 15) is 0 Å². The number of nitrogens with zero attached hydrogens (tertiary/aromatic N) is 2. The minimum absolute atomic E-state index is 0.442. The van der Waals surface area contributed by atoms with Crippen LogP contribution in [0, 0.1) is 6.92 Å². The van der Waals surface area contributed by atoms with Crippen molar-refractivity contribution in [2.24, 2.45) is 0 Å². The fraction of sp³-hybridized carbons (Fsp3) is 0.0714. The molecule has 3 aromatic rings. The molecule has 90 valence electrons. The average Bonchev–Trinajstić information content (AvgIpc) is 2.66. The van der Waals surface area contributed by atoms with E-state index in [4.69, 9.17) is 23.2 Å². The first-order chi connectivity index (χ1) is 8.66. The number of rotatable bonds is 1. The van der Waals surface area contributed by atoms with Gasteiger partial charge in [-0.3, -0.25) is 4.57 Å². The SMILES string of the molecule is Cc1cc2nc(Cl)n(-c3ccccc3)c2cc1Cl. The lowest BCUT2D eigenvalue weighted by atomic mass is 10.2. The van der Waals surface area contributed by atoms with Gasteiger partial charge in [0.1, 0.15) is 0 Å². The van der Waals surface area contributed by atoms with Crippen LogP contribution in [0.2, 0.25) is 10.3 Å². The van der Waals surface area contributed by atoms with Gasteiger partial charge in [0.15, 0.2) is 0 Å². The Bertz CT molecular complexity index is 717. The van der Waals surface area contributed by atoms with Gasteiger partial charge in [-0.15, -0.1) is 0 Å². The number of imidazole rings is 1. The Morgan fingerprint density at radius 2 is 1.78 bits per heavy atom. The highest BCUT2D eigenvalue weighted by atomic mass is 35.5. The molecule has 0 spiro atoms. The van der Waals surface area contributed by atoms with Crippen molar-refractivity contribution in [3.05, 3.63) is 58.3 Å². The number of halogens is 2. The standard InChI is InChI=1S/C14H10Cl2N2/c1-9-7-12-13(8-11(9)15)18(14(16)17-12)10-5-3-2-4-6-10/h2-8H,1H3. The van der Waals surface area contributed by atoms with Gasteiger partial charge in [-0.1, -0.05) is 29.8 Å². The van der Waals surface area contributed by atoms with Crippen LogP contribution < -0.4 is 0 Å². The molecule has 0 aliphatic heterocycles. The molecule has 4 heteroatoms. The topological polar surface area (TPSA) is 17.8 Å². The zero-order chi connectivity index (χ0) is 12.7. The molecule has 0 saturated carbocycles. The number of hydrogen-bond donors (Lipinski definition) is 0. The van der Waals surface area contributed by atoms with Gasteiger partial charge in [0.05, 0.1) is 11.0 Å². The minimum atomic E-state index is 0.442. The maximum atomic E-state index is 6.22. The third-order valence-electron chi connectivity index (χ3n) is 2.91. The maximum Gasteiger partial charge on any atom is 0.208 e. The summed E-state index contributed by atoms with van der Waals surface area (Å²) in [4.78, 5) is 4.36. The lowest BCUT2D eigenvalue weighted by molar-refractivity contribution is 1.09. The summed E-state index contributed by atoms with van der Waals surface area (Å²) >= 11 is 12.4. The molecule has 0 atom stereocenters. The monoisotopic (exact) mass is 276 g/mol. The van der Waals surface area contributed by atoms with Crippen molar-refractivity contribution in [2.45, 2.75) is 6.92 Å². The Hall–Kier alpha value is -1.51. The van der Waals surface area contributed by atoms with E-state index >= 15 is 0 Å². The fourth-order valence-corrected chi connectivity index (χ4v) is 2.43. The zero-order valence-corrected chi connectivity index (χ0v) is 11.2.